The average molecular weight is 330 g/mol. The van der Waals surface area contributed by atoms with Gasteiger partial charge >= 0.3 is 0 Å². The van der Waals surface area contributed by atoms with E-state index in [1.807, 2.05) is 0 Å². The molecule has 3 nitrogen and oxygen atoms in total. The lowest BCUT2D eigenvalue weighted by Gasteiger charge is -2.53. The van der Waals surface area contributed by atoms with Crippen LogP contribution in [0.3, 0.4) is 0 Å². The highest BCUT2D eigenvalue weighted by atomic mass is 16.7. The molecule has 1 spiro atoms. The number of hydrogen-bond donors (Lipinski definition) is 0. The van der Waals surface area contributed by atoms with Crippen LogP contribution in [0.25, 0.3) is 0 Å². The normalized spacial score (nSPS) is 46.8. The summed E-state index contributed by atoms with van der Waals surface area (Å²) in [7, 11) is 0. The Labute approximate surface area is 145 Å². The number of carbonyl (C=O) groups is 1. The van der Waals surface area contributed by atoms with E-state index in [9.17, 15) is 4.79 Å². The van der Waals surface area contributed by atoms with Crippen LogP contribution in [-0.4, -0.2) is 24.8 Å². The van der Waals surface area contributed by atoms with E-state index in [-0.39, 0.29) is 11.2 Å². The molecule has 2 saturated carbocycles. The van der Waals surface area contributed by atoms with E-state index in [0.717, 1.165) is 63.6 Å². The Hall–Kier alpha value is -0.670. The van der Waals surface area contributed by atoms with E-state index in [1.54, 1.807) is 11.1 Å². The number of carbonyl (C=O) groups excluding carboxylic acids is 1. The summed E-state index contributed by atoms with van der Waals surface area (Å²) in [6.45, 7) is 6.23. The Bertz CT molecular complexity index is 600. The highest BCUT2D eigenvalue weighted by molar-refractivity contribution is 5.87. The molecule has 24 heavy (non-hydrogen) atoms. The summed E-state index contributed by atoms with van der Waals surface area (Å²) in [5, 5.41) is 0. The summed E-state index contributed by atoms with van der Waals surface area (Å²) < 4.78 is 12.0. The van der Waals surface area contributed by atoms with Gasteiger partial charge in [0, 0.05) is 24.7 Å². The first kappa shape index (κ1) is 15.6. The first-order valence-electron chi connectivity index (χ1n) is 10.0. The van der Waals surface area contributed by atoms with Crippen LogP contribution in [0.4, 0.5) is 0 Å². The Morgan fingerprint density at radius 2 is 1.88 bits per heavy atom. The predicted molar refractivity (Wildman–Crippen MR) is 91.3 cm³/mol. The zero-order valence-electron chi connectivity index (χ0n) is 15.1. The molecule has 3 fully saturated rings. The average Bonchev–Trinajstić information content (AvgIpc) is 3.12. The summed E-state index contributed by atoms with van der Waals surface area (Å²) >= 11 is 0. The molecule has 0 aromatic heterocycles. The second kappa shape index (κ2) is 5.17. The maximum atomic E-state index is 12.5. The quantitative estimate of drug-likeness (QED) is 0.623. The molecule has 5 aliphatic rings. The summed E-state index contributed by atoms with van der Waals surface area (Å²) in [6, 6.07) is 0. The molecule has 5 rings (SSSR count). The van der Waals surface area contributed by atoms with Crippen LogP contribution in [0.15, 0.2) is 11.1 Å². The van der Waals surface area contributed by atoms with Gasteiger partial charge < -0.3 is 9.47 Å². The van der Waals surface area contributed by atoms with Gasteiger partial charge in [-0.25, -0.2) is 0 Å². The maximum absolute atomic E-state index is 12.5. The lowest BCUT2D eigenvalue weighted by atomic mass is 9.51. The monoisotopic (exact) mass is 330 g/mol. The molecular formula is C21H30O3. The highest BCUT2D eigenvalue weighted by Crippen LogP contribution is 2.62. The molecule has 0 unspecified atom stereocenters. The van der Waals surface area contributed by atoms with Crippen molar-refractivity contribution in [2.75, 3.05) is 13.2 Å². The van der Waals surface area contributed by atoms with Gasteiger partial charge in [-0.05, 0) is 55.8 Å². The number of hydrogen-bond acceptors (Lipinski definition) is 3. The number of Topliss-reactive ketones (excluding diaryl/α,β-unsaturated/α-hetero) is 1. The van der Waals surface area contributed by atoms with Crippen molar-refractivity contribution in [3.63, 3.8) is 0 Å². The highest BCUT2D eigenvalue weighted by Gasteiger charge is 2.57. The van der Waals surface area contributed by atoms with Crippen molar-refractivity contribution < 1.29 is 14.3 Å². The van der Waals surface area contributed by atoms with E-state index in [0.29, 0.717) is 17.6 Å². The van der Waals surface area contributed by atoms with Crippen molar-refractivity contribution in [2.45, 2.75) is 71.0 Å². The Kier molecular flexibility index (Phi) is 3.35. The predicted octanol–water partition coefficient (Wildman–Crippen LogP) is 4.26. The van der Waals surface area contributed by atoms with Crippen LogP contribution in [0.2, 0.25) is 0 Å². The largest absolute Gasteiger partial charge is 0.347 e. The van der Waals surface area contributed by atoms with Crippen molar-refractivity contribution in [1.29, 1.82) is 0 Å². The summed E-state index contributed by atoms with van der Waals surface area (Å²) in [6.07, 6.45) is 8.68. The van der Waals surface area contributed by atoms with Gasteiger partial charge in [-0.2, -0.15) is 0 Å². The lowest BCUT2D eigenvalue weighted by Crippen LogP contribution is -2.48. The topological polar surface area (TPSA) is 35.5 Å². The first-order valence-corrected chi connectivity index (χ1v) is 10.0. The van der Waals surface area contributed by atoms with Crippen LogP contribution >= 0.6 is 0 Å². The fraction of sp³-hybridized carbons (Fsp3) is 0.857. The Morgan fingerprint density at radius 1 is 1.08 bits per heavy atom. The van der Waals surface area contributed by atoms with Crippen LogP contribution in [0.1, 0.15) is 65.2 Å². The molecule has 0 aromatic rings. The third-order valence-corrected chi connectivity index (χ3v) is 8.24. The van der Waals surface area contributed by atoms with Crippen molar-refractivity contribution in [1.82, 2.24) is 0 Å². The van der Waals surface area contributed by atoms with Gasteiger partial charge in [0.1, 0.15) is 5.78 Å². The van der Waals surface area contributed by atoms with Gasteiger partial charge in [-0.1, -0.05) is 25.0 Å². The minimum absolute atomic E-state index is 0.0128. The zero-order chi connectivity index (χ0) is 16.5. The lowest BCUT2D eigenvalue weighted by molar-refractivity contribution is -0.166. The van der Waals surface area contributed by atoms with Crippen molar-refractivity contribution >= 4 is 5.78 Å². The fourth-order valence-electron chi connectivity index (χ4n) is 7.12. The molecule has 3 heteroatoms. The molecule has 0 aromatic carbocycles. The van der Waals surface area contributed by atoms with E-state index in [1.165, 1.54) is 12.8 Å². The van der Waals surface area contributed by atoms with Crippen LogP contribution < -0.4 is 0 Å². The third kappa shape index (κ3) is 2.00. The first-order chi connectivity index (χ1) is 11.5. The number of ketones is 1. The molecule has 1 heterocycles. The molecule has 0 N–H and O–H groups in total. The Morgan fingerprint density at radius 3 is 2.67 bits per heavy atom. The van der Waals surface area contributed by atoms with Crippen molar-refractivity contribution in [3.05, 3.63) is 11.1 Å². The summed E-state index contributed by atoms with van der Waals surface area (Å²) in [4.78, 5) is 12.5. The van der Waals surface area contributed by atoms with Crippen LogP contribution in [0.5, 0.6) is 0 Å². The van der Waals surface area contributed by atoms with Gasteiger partial charge in [0.25, 0.3) is 0 Å². The van der Waals surface area contributed by atoms with Crippen LogP contribution in [-0.2, 0) is 14.3 Å². The molecule has 0 radical (unpaired) electrons. The standard InChI is InChI=1S/C21H30O3/c1-13-11-14-12-21(23-9-10-24-21)8-6-15(14)16-5-7-20(2)17(19(13)16)3-4-18(20)22/h13,16-17,19H,3-12H2,1-2H3/t13-,16-,17-,19+,20+/m1/s1. The molecule has 5 atom stereocenters. The van der Waals surface area contributed by atoms with E-state index >= 15 is 0 Å². The van der Waals surface area contributed by atoms with Gasteiger partial charge in [0.05, 0.1) is 13.2 Å². The minimum atomic E-state index is -0.294. The molecule has 0 amide bonds. The number of rotatable bonds is 0. The molecule has 0 bridgehead atoms. The smallest absolute Gasteiger partial charge is 0.172 e. The SMILES string of the molecule is C[C@@H]1CC2=C(CCC3(C2)OCCO3)[C@H]2CC[C@]3(C)C(=O)CC[C@@H]3[C@@H]12. The van der Waals surface area contributed by atoms with Crippen molar-refractivity contribution in [3.8, 4) is 0 Å². The van der Waals surface area contributed by atoms with Crippen molar-refractivity contribution in [2.24, 2.45) is 29.1 Å². The second-order valence-electron chi connectivity index (χ2n) is 9.30. The van der Waals surface area contributed by atoms with Gasteiger partial charge in [0.15, 0.2) is 5.79 Å². The van der Waals surface area contributed by atoms with Gasteiger partial charge in [-0.3, -0.25) is 4.79 Å². The van der Waals surface area contributed by atoms with Gasteiger partial charge in [-0.15, -0.1) is 0 Å². The minimum Gasteiger partial charge on any atom is -0.347 e. The van der Waals surface area contributed by atoms with E-state index < -0.39 is 0 Å². The zero-order valence-corrected chi connectivity index (χ0v) is 15.1. The second-order valence-corrected chi connectivity index (χ2v) is 9.30. The molecule has 1 aliphatic heterocycles. The molecule has 4 aliphatic carbocycles. The molecule has 1 saturated heterocycles. The van der Waals surface area contributed by atoms with E-state index in [4.69, 9.17) is 9.47 Å². The number of ether oxygens (including phenoxy) is 2. The van der Waals surface area contributed by atoms with Crippen LogP contribution in [0, 0.1) is 29.1 Å². The third-order valence-electron chi connectivity index (χ3n) is 8.24. The summed E-state index contributed by atoms with van der Waals surface area (Å²) in [5.41, 5.74) is 3.37. The fourth-order valence-corrected chi connectivity index (χ4v) is 7.12. The number of fused-ring (bicyclic) bond motifs is 4. The summed E-state index contributed by atoms with van der Waals surface area (Å²) in [5.74, 6) is 3.04. The molecule has 132 valence electrons. The maximum Gasteiger partial charge on any atom is 0.172 e. The van der Waals surface area contributed by atoms with E-state index in [2.05, 4.69) is 13.8 Å². The molecular weight excluding hydrogens is 300 g/mol. The number of allylic oxidation sites excluding steroid dienone is 1. The van der Waals surface area contributed by atoms with Gasteiger partial charge in [0.2, 0.25) is 0 Å². The Balaban J connectivity index is 1.47.